The molecule has 2 rings (SSSR count). The third kappa shape index (κ3) is 4.40. The Labute approximate surface area is 118 Å². The van der Waals surface area contributed by atoms with E-state index in [2.05, 4.69) is 5.32 Å². The summed E-state index contributed by atoms with van der Waals surface area (Å²) in [6.45, 7) is 3.04. The van der Waals surface area contributed by atoms with Crippen LogP contribution >= 0.6 is 11.6 Å². The number of carbonyl (C=O) groups excluding carboxylic acids is 1. The molecule has 0 bridgehead atoms. The number of ether oxygens (including phenoxy) is 2. The Morgan fingerprint density at radius 2 is 2.47 bits per heavy atom. The van der Waals surface area contributed by atoms with Crippen LogP contribution in [0.3, 0.4) is 0 Å². The summed E-state index contributed by atoms with van der Waals surface area (Å²) in [5.41, 5.74) is 0. The number of nitrogens with one attached hydrogen (secondary N) is 1. The van der Waals surface area contributed by atoms with Crippen LogP contribution in [0.4, 0.5) is 0 Å². The number of halogens is 1. The summed E-state index contributed by atoms with van der Waals surface area (Å²) in [6.07, 6.45) is 1.65. The van der Waals surface area contributed by atoms with Crippen molar-refractivity contribution in [2.75, 3.05) is 13.2 Å². The van der Waals surface area contributed by atoms with Gasteiger partial charge in [0.25, 0.3) is 5.91 Å². The van der Waals surface area contributed by atoms with Crippen LogP contribution in [0, 0.1) is 0 Å². The van der Waals surface area contributed by atoms with E-state index >= 15 is 0 Å². The highest BCUT2D eigenvalue weighted by Gasteiger charge is 2.19. The van der Waals surface area contributed by atoms with Gasteiger partial charge in [-0.2, -0.15) is 0 Å². The predicted octanol–water partition coefficient (Wildman–Crippen LogP) is 2.40. The Morgan fingerprint density at radius 1 is 1.63 bits per heavy atom. The molecule has 1 saturated heterocycles. The van der Waals surface area contributed by atoms with Gasteiger partial charge in [0.1, 0.15) is 5.75 Å². The zero-order chi connectivity index (χ0) is 13.7. The lowest BCUT2D eigenvalue weighted by molar-refractivity contribution is -0.127. The molecule has 0 radical (unpaired) electrons. The summed E-state index contributed by atoms with van der Waals surface area (Å²) >= 11 is 5.86. The first kappa shape index (κ1) is 14.2. The average molecular weight is 284 g/mol. The fraction of sp³-hybridized carbons (Fsp3) is 0.500. The smallest absolute Gasteiger partial charge is 0.260 e. The minimum absolute atomic E-state index is 0.141. The topological polar surface area (TPSA) is 47.6 Å². The van der Waals surface area contributed by atoms with Crippen LogP contribution in [-0.2, 0) is 9.53 Å². The van der Waals surface area contributed by atoms with E-state index in [0.717, 1.165) is 19.4 Å². The molecule has 4 nitrogen and oxygen atoms in total. The highest BCUT2D eigenvalue weighted by molar-refractivity contribution is 6.30. The van der Waals surface area contributed by atoms with Crippen molar-refractivity contribution in [2.45, 2.75) is 32.0 Å². The van der Waals surface area contributed by atoms with Crippen LogP contribution in [0.15, 0.2) is 24.3 Å². The molecule has 1 aliphatic rings. The molecule has 19 heavy (non-hydrogen) atoms. The number of carbonyl (C=O) groups is 1. The highest BCUT2D eigenvalue weighted by Crippen LogP contribution is 2.18. The first-order chi connectivity index (χ1) is 9.15. The molecule has 2 atom stereocenters. The molecule has 0 spiro atoms. The maximum atomic E-state index is 11.9. The maximum Gasteiger partial charge on any atom is 0.260 e. The van der Waals surface area contributed by atoms with Crippen molar-refractivity contribution in [3.05, 3.63) is 29.3 Å². The molecule has 1 aliphatic heterocycles. The van der Waals surface area contributed by atoms with Crippen LogP contribution in [-0.4, -0.2) is 31.3 Å². The molecule has 5 heteroatoms. The third-order valence-electron chi connectivity index (χ3n) is 3.01. The summed E-state index contributed by atoms with van der Waals surface area (Å²) in [6, 6.07) is 7.01. The number of hydrogen-bond acceptors (Lipinski definition) is 3. The number of amides is 1. The van der Waals surface area contributed by atoms with Gasteiger partial charge in [-0.1, -0.05) is 17.7 Å². The summed E-state index contributed by atoms with van der Waals surface area (Å²) in [4.78, 5) is 11.9. The molecule has 1 amide bonds. The molecule has 0 unspecified atom stereocenters. The highest BCUT2D eigenvalue weighted by atomic mass is 35.5. The molecule has 104 valence electrons. The van der Waals surface area contributed by atoms with Crippen LogP contribution in [0.5, 0.6) is 5.75 Å². The predicted molar refractivity (Wildman–Crippen MR) is 73.5 cm³/mol. The van der Waals surface area contributed by atoms with Crippen molar-refractivity contribution in [1.29, 1.82) is 0 Å². The first-order valence-corrected chi connectivity index (χ1v) is 6.84. The van der Waals surface area contributed by atoms with Crippen molar-refractivity contribution >= 4 is 17.5 Å². The van der Waals surface area contributed by atoms with Gasteiger partial charge in [-0.25, -0.2) is 0 Å². The Bertz CT molecular complexity index is 432. The van der Waals surface area contributed by atoms with Gasteiger partial charge in [-0.15, -0.1) is 0 Å². The second-order valence-corrected chi connectivity index (χ2v) is 5.03. The fourth-order valence-corrected chi connectivity index (χ4v) is 2.14. The van der Waals surface area contributed by atoms with E-state index in [0.29, 0.717) is 17.3 Å². The lowest BCUT2D eigenvalue weighted by Crippen LogP contribution is -2.40. The van der Waals surface area contributed by atoms with Gasteiger partial charge in [0.15, 0.2) is 6.10 Å². The monoisotopic (exact) mass is 283 g/mol. The van der Waals surface area contributed by atoms with Crippen molar-refractivity contribution in [2.24, 2.45) is 0 Å². The van der Waals surface area contributed by atoms with E-state index in [1.807, 2.05) is 0 Å². The Hall–Kier alpha value is -1.26. The van der Waals surface area contributed by atoms with Crippen LogP contribution in [0.1, 0.15) is 19.8 Å². The van der Waals surface area contributed by atoms with E-state index in [4.69, 9.17) is 21.1 Å². The standard InChI is InChI=1S/C14H18ClNO3/c1-10(19-12-5-2-4-11(15)8-12)14(17)16-9-13-6-3-7-18-13/h2,4-5,8,10,13H,3,6-7,9H2,1H3,(H,16,17)/t10-,13+/m1/s1. The zero-order valence-electron chi connectivity index (χ0n) is 10.9. The maximum absolute atomic E-state index is 11.9. The molecular weight excluding hydrogens is 266 g/mol. The van der Waals surface area contributed by atoms with Crippen LogP contribution in [0.25, 0.3) is 0 Å². The van der Waals surface area contributed by atoms with Gasteiger partial charge in [-0.05, 0) is 38.0 Å². The molecule has 1 fully saturated rings. The molecule has 0 saturated carbocycles. The zero-order valence-corrected chi connectivity index (χ0v) is 11.7. The normalized spacial score (nSPS) is 20.0. The Balaban J connectivity index is 1.78. The van der Waals surface area contributed by atoms with Gasteiger partial charge < -0.3 is 14.8 Å². The second-order valence-electron chi connectivity index (χ2n) is 4.60. The van der Waals surface area contributed by atoms with E-state index < -0.39 is 6.10 Å². The van der Waals surface area contributed by atoms with Crippen molar-refractivity contribution < 1.29 is 14.3 Å². The van der Waals surface area contributed by atoms with Gasteiger partial charge in [-0.3, -0.25) is 4.79 Å². The van der Waals surface area contributed by atoms with Crippen molar-refractivity contribution in [3.8, 4) is 5.75 Å². The Kier molecular flexibility index (Phi) is 5.05. The minimum Gasteiger partial charge on any atom is -0.481 e. The summed E-state index contributed by atoms with van der Waals surface area (Å²) in [5.74, 6) is 0.447. The van der Waals surface area contributed by atoms with Crippen molar-refractivity contribution in [1.82, 2.24) is 5.32 Å². The number of benzene rings is 1. The quantitative estimate of drug-likeness (QED) is 0.903. The number of hydrogen-bond donors (Lipinski definition) is 1. The van der Waals surface area contributed by atoms with Gasteiger partial charge in [0.05, 0.1) is 6.10 Å². The molecule has 0 aliphatic carbocycles. The molecule has 0 aromatic heterocycles. The molecule has 1 N–H and O–H groups in total. The number of rotatable bonds is 5. The van der Waals surface area contributed by atoms with E-state index in [9.17, 15) is 4.79 Å². The van der Waals surface area contributed by atoms with Crippen LogP contribution < -0.4 is 10.1 Å². The van der Waals surface area contributed by atoms with E-state index in [-0.39, 0.29) is 12.0 Å². The molecule has 1 aromatic rings. The molecular formula is C14H18ClNO3. The Morgan fingerprint density at radius 3 is 3.16 bits per heavy atom. The van der Waals surface area contributed by atoms with Gasteiger partial charge in [0.2, 0.25) is 0 Å². The van der Waals surface area contributed by atoms with Gasteiger partial charge >= 0.3 is 0 Å². The molecule has 1 heterocycles. The van der Waals surface area contributed by atoms with Gasteiger partial charge in [0, 0.05) is 18.2 Å². The van der Waals surface area contributed by atoms with E-state index in [1.165, 1.54) is 0 Å². The summed E-state index contributed by atoms with van der Waals surface area (Å²) in [7, 11) is 0. The average Bonchev–Trinajstić information content (AvgIpc) is 2.89. The summed E-state index contributed by atoms with van der Waals surface area (Å²) < 4.78 is 11.0. The lowest BCUT2D eigenvalue weighted by Gasteiger charge is -2.16. The SMILES string of the molecule is C[C@@H](Oc1cccc(Cl)c1)C(=O)NC[C@@H]1CCCO1. The fourth-order valence-electron chi connectivity index (χ4n) is 1.96. The van der Waals surface area contributed by atoms with Crippen LogP contribution in [0.2, 0.25) is 5.02 Å². The first-order valence-electron chi connectivity index (χ1n) is 6.46. The minimum atomic E-state index is -0.556. The van der Waals surface area contributed by atoms with Crippen molar-refractivity contribution in [3.63, 3.8) is 0 Å². The molecule has 1 aromatic carbocycles. The third-order valence-corrected chi connectivity index (χ3v) is 3.24. The lowest BCUT2D eigenvalue weighted by atomic mass is 10.2. The second kappa shape index (κ2) is 6.78. The van der Waals surface area contributed by atoms with E-state index in [1.54, 1.807) is 31.2 Å². The summed E-state index contributed by atoms with van der Waals surface area (Å²) in [5, 5.41) is 3.42. The largest absolute Gasteiger partial charge is 0.481 e.